The van der Waals surface area contributed by atoms with E-state index in [1.807, 2.05) is 0 Å². The van der Waals surface area contributed by atoms with Gasteiger partial charge in [-0.2, -0.15) is 0 Å². The third-order valence-electron chi connectivity index (χ3n) is 3.95. The second-order valence-corrected chi connectivity index (χ2v) is 5.42. The Morgan fingerprint density at radius 3 is 3.05 bits per heavy atom. The van der Waals surface area contributed by atoms with Crippen LogP contribution < -0.4 is 5.32 Å². The van der Waals surface area contributed by atoms with Gasteiger partial charge in [-0.15, -0.1) is 0 Å². The fourth-order valence-electron chi connectivity index (χ4n) is 2.75. The first-order valence-electron chi connectivity index (χ1n) is 7.20. The standard InChI is InChI=1S/C15H24N2O3/c1-11-14(15(18)19-3)9-13(20-11)10-17(2)12-5-4-7-16-8-6-12/h9,12,16H,4-8,10H2,1-3H3. The van der Waals surface area contributed by atoms with Crippen LogP contribution in [0.5, 0.6) is 0 Å². The molecule has 0 aliphatic carbocycles. The van der Waals surface area contributed by atoms with Crippen molar-refractivity contribution in [3.8, 4) is 0 Å². The Morgan fingerprint density at radius 2 is 2.30 bits per heavy atom. The molecule has 0 bridgehead atoms. The molecular weight excluding hydrogens is 256 g/mol. The minimum atomic E-state index is -0.334. The van der Waals surface area contributed by atoms with Gasteiger partial charge in [-0.05, 0) is 52.4 Å². The molecule has 1 saturated heterocycles. The van der Waals surface area contributed by atoms with E-state index in [-0.39, 0.29) is 5.97 Å². The number of hydrogen-bond donors (Lipinski definition) is 1. The molecule has 112 valence electrons. The van der Waals surface area contributed by atoms with E-state index >= 15 is 0 Å². The molecule has 2 heterocycles. The predicted octanol–water partition coefficient (Wildman–Crippen LogP) is 1.95. The van der Waals surface area contributed by atoms with Gasteiger partial charge in [0.2, 0.25) is 0 Å². The number of ether oxygens (including phenoxy) is 1. The highest BCUT2D eigenvalue weighted by Gasteiger charge is 2.20. The maximum Gasteiger partial charge on any atom is 0.341 e. The van der Waals surface area contributed by atoms with Gasteiger partial charge in [0, 0.05) is 6.04 Å². The van der Waals surface area contributed by atoms with Gasteiger partial charge >= 0.3 is 5.97 Å². The minimum Gasteiger partial charge on any atom is -0.465 e. The Kier molecular flexibility index (Phi) is 5.20. The van der Waals surface area contributed by atoms with Crippen molar-refractivity contribution in [2.24, 2.45) is 0 Å². The highest BCUT2D eigenvalue weighted by molar-refractivity contribution is 5.90. The van der Waals surface area contributed by atoms with E-state index in [9.17, 15) is 4.79 Å². The van der Waals surface area contributed by atoms with Crippen LogP contribution in [0.4, 0.5) is 0 Å². The molecule has 5 nitrogen and oxygen atoms in total. The summed E-state index contributed by atoms with van der Waals surface area (Å²) in [5.41, 5.74) is 0.526. The number of rotatable bonds is 4. The molecule has 1 fully saturated rings. The molecule has 1 aliphatic heterocycles. The number of aryl methyl sites for hydroxylation is 1. The molecule has 0 amide bonds. The maximum absolute atomic E-state index is 11.6. The molecular formula is C15H24N2O3. The summed E-state index contributed by atoms with van der Waals surface area (Å²) in [6, 6.07) is 2.36. The van der Waals surface area contributed by atoms with Gasteiger partial charge in [0.05, 0.1) is 13.7 Å². The highest BCUT2D eigenvalue weighted by Crippen LogP contribution is 2.19. The Hall–Kier alpha value is -1.33. The van der Waals surface area contributed by atoms with Gasteiger partial charge in [0.15, 0.2) is 0 Å². The van der Waals surface area contributed by atoms with E-state index in [1.54, 1.807) is 13.0 Å². The van der Waals surface area contributed by atoms with Crippen LogP contribution in [0.3, 0.4) is 0 Å². The molecule has 1 aliphatic rings. The highest BCUT2D eigenvalue weighted by atomic mass is 16.5. The third-order valence-corrected chi connectivity index (χ3v) is 3.95. The SMILES string of the molecule is COC(=O)c1cc(CN(C)C2CCCNCC2)oc1C. The Balaban J connectivity index is 2.00. The molecule has 5 heteroatoms. The van der Waals surface area contributed by atoms with Crippen LogP contribution in [0.25, 0.3) is 0 Å². The topological polar surface area (TPSA) is 54.7 Å². The van der Waals surface area contributed by atoms with Crippen molar-refractivity contribution < 1.29 is 13.9 Å². The van der Waals surface area contributed by atoms with Crippen molar-refractivity contribution in [2.45, 2.75) is 38.8 Å². The molecule has 1 atom stereocenters. The number of hydrogen-bond acceptors (Lipinski definition) is 5. The Morgan fingerprint density at radius 1 is 1.50 bits per heavy atom. The summed E-state index contributed by atoms with van der Waals surface area (Å²) in [5, 5.41) is 3.42. The van der Waals surface area contributed by atoms with Gasteiger partial charge in [0.25, 0.3) is 0 Å². The first-order chi connectivity index (χ1) is 9.61. The molecule has 2 rings (SSSR count). The number of nitrogens with zero attached hydrogens (tertiary/aromatic N) is 1. The van der Waals surface area contributed by atoms with Gasteiger partial charge in [0.1, 0.15) is 17.1 Å². The van der Waals surface area contributed by atoms with Gasteiger partial charge in [-0.3, -0.25) is 4.90 Å². The molecule has 1 aromatic heterocycles. The molecule has 0 aromatic carbocycles. The lowest BCUT2D eigenvalue weighted by atomic mass is 10.1. The Labute approximate surface area is 120 Å². The van der Waals surface area contributed by atoms with Crippen LogP contribution in [0.15, 0.2) is 10.5 Å². The summed E-state index contributed by atoms with van der Waals surface area (Å²) in [5.74, 6) is 1.12. The fourth-order valence-corrected chi connectivity index (χ4v) is 2.75. The average Bonchev–Trinajstić information content (AvgIpc) is 2.67. The summed E-state index contributed by atoms with van der Waals surface area (Å²) in [4.78, 5) is 13.9. The Bertz CT molecular complexity index is 448. The van der Waals surface area contributed by atoms with Gasteiger partial charge in [-0.25, -0.2) is 4.79 Å². The van der Waals surface area contributed by atoms with Crippen LogP contribution in [0.1, 0.15) is 41.1 Å². The number of furan rings is 1. The third kappa shape index (κ3) is 3.61. The van der Waals surface area contributed by atoms with Crippen LogP contribution in [-0.4, -0.2) is 44.2 Å². The first kappa shape index (κ1) is 15.1. The minimum absolute atomic E-state index is 0.334. The smallest absolute Gasteiger partial charge is 0.341 e. The zero-order valence-electron chi connectivity index (χ0n) is 12.6. The number of carbonyl (C=O) groups excluding carboxylic acids is 1. The number of carbonyl (C=O) groups is 1. The van der Waals surface area contributed by atoms with Crippen LogP contribution >= 0.6 is 0 Å². The largest absolute Gasteiger partial charge is 0.465 e. The van der Waals surface area contributed by atoms with Crippen molar-refractivity contribution in [1.29, 1.82) is 0 Å². The second kappa shape index (κ2) is 6.90. The monoisotopic (exact) mass is 280 g/mol. The van der Waals surface area contributed by atoms with Crippen LogP contribution in [-0.2, 0) is 11.3 Å². The first-order valence-corrected chi connectivity index (χ1v) is 7.20. The van der Waals surface area contributed by atoms with Crippen molar-refractivity contribution in [1.82, 2.24) is 10.2 Å². The number of methoxy groups -OCH3 is 1. The van der Waals surface area contributed by atoms with Crippen molar-refractivity contribution in [3.63, 3.8) is 0 Å². The number of esters is 1. The summed E-state index contributed by atoms with van der Waals surface area (Å²) in [7, 11) is 3.50. The van der Waals surface area contributed by atoms with E-state index in [2.05, 4.69) is 17.3 Å². The average molecular weight is 280 g/mol. The molecule has 20 heavy (non-hydrogen) atoms. The number of nitrogens with one attached hydrogen (secondary N) is 1. The molecule has 1 aromatic rings. The zero-order valence-corrected chi connectivity index (χ0v) is 12.6. The second-order valence-electron chi connectivity index (χ2n) is 5.42. The van der Waals surface area contributed by atoms with Crippen molar-refractivity contribution in [2.75, 3.05) is 27.2 Å². The van der Waals surface area contributed by atoms with E-state index in [4.69, 9.17) is 9.15 Å². The zero-order chi connectivity index (χ0) is 14.5. The van der Waals surface area contributed by atoms with E-state index in [0.717, 1.165) is 31.8 Å². The quantitative estimate of drug-likeness (QED) is 0.854. The molecule has 0 saturated carbocycles. The molecule has 1 unspecified atom stereocenters. The van der Waals surface area contributed by atoms with E-state index < -0.39 is 0 Å². The summed E-state index contributed by atoms with van der Waals surface area (Å²) >= 11 is 0. The lowest BCUT2D eigenvalue weighted by Crippen LogP contribution is -2.31. The summed E-state index contributed by atoms with van der Waals surface area (Å²) in [6.45, 7) is 4.70. The lowest BCUT2D eigenvalue weighted by Gasteiger charge is -2.25. The molecule has 0 spiro atoms. The van der Waals surface area contributed by atoms with Gasteiger partial charge < -0.3 is 14.5 Å². The van der Waals surface area contributed by atoms with E-state index in [0.29, 0.717) is 17.4 Å². The van der Waals surface area contributed by atoms with E-state index in [1.165, 1.54) is 20.0 Å². The van der Waals surface area contributed by atoms with Crippen molar-refractivity contribution >= 4 is 5.97 Å². The maximum atomic E-state index is 11.6. The fraction of sp³-hybridized carbons (Fsp3) is 0.667. The van der Waals surface area contributed by atoms with Crippen molar-refractivity contribution in [3.05, 3.63) is 23.2 Å². The summed E-state index contributed by atoms with van der Waals surface area (Å²) < 4.78 is 10.4. The normalized spacial score (nSPS) is 19.9. The lowest BCUT2D eigenvalue weighted by molar-refractivity contribution is 0.0599. The summed E-state index contributed by atoms with van der Waals surface area (Å²) in [6.07, 6.45) is 3.56. The van der Waals surface area contributed by atoms with Crippen LogP contribution in [0.2, 0.25) is 0 Å². The molecule has 1 N–H and O–H groups in total. The van der Waals surface area contributed by atoms with Crippen LogP contribution in [0, 0.1) is 6.92 Å². The van der Waals surface area contributed by atoms with Gasteiger partial charge in [-0.1, -0.05) is 0 Å². The predicted molar refractivity (Wildman–Crippen MR) is 76.8 cm³/mol. The molecule has 0 radical (unpaired) electrons.